The van der Waals surface area contributed by atoms with Gasteiger partial charge in [-0.15, -0.1) is 0 Å². The summed E-state index contributed by atoms with van der Waals surface area (Å²) in [4.78, 5) is 14.0. The number of carbonyl (C=O) groups is 1. The number of likely N-dealkylation sites (tertiary alicyclic amines) is 1. The lowest BCUT2D eigenvalue weighted by molar-refractivity contribution is -0.134. The van der Waals surface area contributed by atoms with Crippen molar-refractivity contribution < 1.29 is 17.9 Å². The number of rotatable bonds is 7. The predicted octanol–water partition coefficient (Wildman–Crippen LogP) is 2.76. The highest BCUT2D eigenvalue weighted by atomic mass is 35.5. The number of piperidine rings is 1. The second-order valence-electron chi connectivity index (χ2n) is 5.91. The van der Waals surface area contributed by atoms with Crippen LogP contribution in [-0.4, -0.2) is 56.3 Å². The lowest BCUT2D eigenvalue weighted by Crippen LogP contribution is -2.38. The molecule has 1 aliphatic heterocycles. The molecule has 0 N–H and O–H groups in total. The molecule has 0 aliphatic carbocycles. The molecule has 1 aromatic carbocycles. The molecule has 0 unspecified atom stereocenters. The van der Waals surface area contributed by atoms with Gasteiger partial charge in [0.25, 0.3) is 5.91 Å². The average molecular weight is 389 g/mol. The Morgan fingerprint density at radius 1 is 1.20 bits per heavy atom. The van der Waals surface area contributed by atoms with Crippen LogP contribution in [0.2, 0.25) is 5.02 Å². The van der Waals surface area contributed by atoms with Gasteiger partial charge in [0.05, 0.1) is 9.92 Å². The van der Waals surface area contributed by atoms with Gasteiger partial charge in [-0.3, -0.25) is 4.79 Å². The number of nitrogens with zero attached hydrogens (tertiary/aromatic N) is 2. The van der Waals surface area contributed by atoms with Crippen molar-refractivity contribution in [3.63, 3.8) is 0 Å². The standard InChI is InChI=1S/C17H25ClN2O4S/c1-3-20(4-2)25(22,23)14-8-9-16(15(18)12-14)24-13-17(21)19-10-6-5-7-11-19/h8-9,12H,3-7,10-11,13H2,1-2H3. The van der Waals surface area contributed by atoms with E-state index in [1.54, 1.807) is 18.7 Å². The number of benzene rings is 1. The van der Waals surface area contributed by atoms with Crippen LogP contribution in [0, 0.1) is 0 Å². The molecule has 6 nitrogen and oxygen atoms in total. The minimum atomic E-state index is -3.57. The Balaban J connectivity index is 2.05. The van der Waals surface area contributed by atoms with Crippen molar-refractivity contribution in [2.45, 2.75) is 38.0 Å². The third-order valence-corrected chi connectivity index (χ3v) is 6.65. The number of hydrogen-bond acceptors (Lipinski definition) is 4. The van der Waals surface area contributed by atoms with Gasteiger partial charge in [0.1, 0.15) is 5.75 Å². The van der Waals surface area contributed by atoms with Crippen molar-refractivity contribution in [3.8, 4) is 5.75 Å². The fourth-order valence-corrected chi connectivity index (χ4v) is 4.63. The van der Waals surface area contributed by atoms with Crippen LogP contribution in [0.5, 0.6) is 5.75 Å². The molecule has 1 amide bonds. The fourth-order valence-electron chi connectivity index (χ4n) is 2.85. The van der Waals surface area contributed by atoms with Crippen LogP contribution in [0.15, 0.2) is 23.1 Å². The zero-order valence-electron chi connectivity index (χ0n) is 14.7. The Bertz CT molecular complexity index is 699. The van der Waals surface area contributed by atoms with E-state index in [-0.39, 0.29) is 22.4 Å². The molecule has 1 saturated heterocycles. The van der Waals surface area contributed by atoms with E-state index in [1.807, 2.05) is 0 Å². The first-order valence-electron chi connectivity index (χ1n) is 8.60. The molecule has 1 fully saturated rings. The summed E-state index contributed by atoms with van der Waals surface area (Å²) in [5.74, 6) is 0.237. The Morgan fingerprint density at radius 3 is 2.40 bits per heavy atom. The Hall–Kier alpha value is -1.31. The van der Waals surface area contributed by atoms with Gasteiger partial charge in [-0.05, 0) is 37.5 Å². The Morgan fingerprint density at radius 2 is 1.84 bits per heavy atom. The molecule has 2 rings (SSSR count). The maximum Gasteiger partial charge on any atom is 0.260 e. The molecule has 0 bridgehead atoms. The summed E-state index contributed by atoms with van der Waals surface area (Å²) in [5.41, 5.74) is 0. The topological polar surface area (TPSA) is 66.9 Å². The number of carbonyl (C=O) groups excluding carboxylic acids is 1. The molecule has 1 aliphatic rings. The molecule has 0 radical (unpaired) electrons. The molecule has 0 spiro atoms. The van der Waals surface area contributed by atoms with E-state index in [1.165, 1.54) is 22.5 Å². The van der Waals surface area contributed by atoms with Crippen LogP contribution in [0.1, 0.15) is 33.1 Å². The van der Waals surface area contributed by atoms with Crippen molar-refractivity contribution in [2.75, 3.05) is 32.8 Å². The highest BCUT2D eigenvalue weighted by molar-refractivity contribution is 7.89. The van der Waals surface area contributed by atoms with Crippen molar-refractivity contribution in [1.82, 2.24) is 9.21 Å². The first-order valence-corrected chi connectivity index (χ1v) is 10.4. The van der Waals surface area contributed by atoms with Gasteiger partial charge in [0.2, 0.25) is 10.0 Å². The Labute approximate surface area is 154 Å². The summed E-state index contributed by atoms with van der Waals surface area (Å²) < 4.78 is 31.9. The molecule has 1 aromatic rings. The summed E-state index contributed by atoms with van der Waals surface area (Å²) in [6.07, 6.45) is 3.19. The molecule has 0 atom stereocenters. The highest BCUT2D eigenvalue weighted by Gasteiger charge is 2.23. The average Bonchev–Trinajstić information content (AvgIpc) is 2.61. The van der Waals surface area contributed by atoms with Gasteiger partial charge in [0, 0.05) is 26.2 Å². The number of ether oxygens (including phenoxy) is 1. The van der Waals surface area contributed by atoms with Crippen LogP contribution in [0.25, 0.3) is 0 Å². The first kappa shape index (κ1) is 20.0. The lowest BCUT2D eigenvalue weighted by Gasteiger charge is -2.26. The van der Waals surface area contributed by atoms with Gasteiger partial charge in [-0.25, -0.2) is 8.42 Å². The third-order valence-electron chi connectivity index (χ3n) is 4.31. The van der Waals surface area contributed by atoms with Gasteiger partial charge in [-0.2, -0.15) is 4.31 Å². The third kappa shape index (κ3) is 4.86. The van der Waals surface area contributed by atoms with E-state index in [9.17, 15) is 13.2 Å². The number of hydrogen-bond donors (Lipinski definition) is 0. The minimum absolute atomic E-state index is 0.0735. The maximum atomic E-state index is 12.5. The van der Waals surface area contributed by atoms with E-state index in [0.29, 0.717) is 18.8 Å². The minimum Gasteiger partial charge on any atom is -0.482 e. The predicted molar refractivity (Wildman–Crippen MR) is 97.5 cm³/mol. The molecule has 0 aromatic heterocycles. The Kier molecular flexibility index (Phi) is 7.10. The number of amides is 1. The van der Waals surface area contributed by atoms with Crippen molar-refractivity contribution in [3.05, 3.63) is 23.2 Å². The summed E-state index contributed by atoms with van der Waals surface area (Å²) >= 11 is 6.16. The van der Waals surface area contributed by atoms with Crippen LogP contribution >= 0.6 is 11.6 Å². The molecule has 1 heterocycles. The molecule has 0 saturated carbocycles. The SMILES string of the molecule is CCN(CC)S(=O)(=O)c1ccc(OCC(=O)N2CCCCC2)c(Cl)c1. The second kappa shape index (κ2) is 8.87. The molecular weight excluding hydrogens is 364 g/mol. The van der Waals surface area contributed by atoms with Gasteiger partial charge in [0.15, 0.2) is 6.61 Å². The monoisotopic (exact) mass is 388 g/mol. The molecule has 25 heavy (non-hydrogen) atoms. The molecule has 8 heteroatoms. The van der Waals surface area contributed by atoms with Crippen molar-refractivity contribution >= 4 is 27.5 Å². The normalized spacial score (nSPS) is 15.4. The molecule has 140 valence electrons. The smallest absolute Gasteiger partial charge is 0.260 e. The number of sulfonamides is 1. The van der Waals surface area contributed by atoms with Gasteiger partial charge >= 0.3 is 0 Å². The quantitative estimate of drug-likeness (QED) is 0.720. The summed E-state index contributed by atoms with van der Waals surface area (Å²) in [6.45, 7) is 5.77. The van der Waals surface area contributed by atoms with Crippen LogP contribution < -0.4 is 4.74 Å². The van der Waals surface area contributed by atoms with Crippen LogP contribution in [0.3, 0.4) is 0 Å². The first-order chi connectivity index (χ1) is 11.9. The maximum absolute atomic E-state index is 12.5. The van der Waals surface area contributed by atoms with Crippen LogP contribution in [0.4, 0.5) is 0 Å². The van der Waals surface area contributed by atoms with E-state index in [4.69, 9.17) is 16.3 Å². The van der Waals surface area contributed by atoms with Crippen LogP contribution in [-0.2, 0) is 14.8 Å². The fraction of sp³-hybridized carbons (Fsp3) is 0.588. The highest BCUT2D eigenvalue weighted by Crippen LogP contribution is 2.28. The molecular formula is C17H25ClN2O4S. The van der Waals surface area contributed by atoms with Crippen molar-refractivity contribution in [2.24, 2.45) is 0 Å². The zero-order valence-corrected chi connectivity index (χ0v) is 16.3. The summed E-state index contributed by atoms with van der Waals surface area (Å²) in [5, 5.41) is 0.180. The second-order valence-corrected chi connectivity index (χ2v) is 8.26. The van der Waals surface area contributed by atoms with E-state index in [2.05, 4.69) is 0 Å². The van der Waals surface area contributed by atoms with E-state index < -0.39 is 10.0 Å². The number of halogens is 1. The summed E-state index contributed by atoms with van der Waals surface area (Å²) in [6, 6.07) is 4.33. The summed E-state index contributed by atoms with van der Waals surface area (Å²) in [7, 11) is -3.57. The van der Waals surface area contributed by atoms with Gasteiger partial charge in [-0.1, -0.05) is 25.4 Å². The zero-order chi connectivity index (χ0) is 18.4. The van der Waals surface area contributed by atoms with Crippen molar-refractivity contribution in [1.29, 1.82) is 0 Å². The van der Waals surface area contributed by atoms with E-state index >= 15 is 0 Å². The lowest BCUT2D eigenvalue weighted by atomic mass is 10.1. The largest absolute Gasteiger partial charge is 0.482 e. The van der Waals surface area contributed by atoms with E-state index in [0.717, 1.165) is 32.4 Å². The van der Waals surface area contributed by atoms with Gasteiger partial charge < -0.3 is 9.64 Å².